The predicted molar refractivity (Wildman–Crippen MR) is 44.3 cm³/mol. The minimum absolute atomic E-state index is 0.207. The van der Waals surface area contributed by atoms with Gasteiger partial charge in [-0.1, -0.05) is 0 Å². The maximum Gasteiger partial charge on any atom is 0.0495 e. The van der Waals surface area contributed by atoms with Crippen LogP contribution in [0.15, 0.2) is 0 Å². The van der Waals surface area contributed by atoms with Crippen LogP contribution in [0.5, 0.6) is 0 Å². The molecule has 2 rings (SSSR count). The van der Waals surface area contributed by atoms with E-state index in [2.05, 4.69) is 0 Å². The third-order valence-electron chi connectivity index (χ3n) is 3.07. The van der Waals surface area contributed by atoms with E-state index in [4.69, 9.17) is 10.5 Å². The average molecular weight is 155 g/mol. The van der Waals surface area contributed by atoms with E-state index in [0.29, 0.717) is 0 Å². The summed E-state index contributed by atoms with van der Waals surface area (Å²) in [7, 11) is 0. The van der Waals surface area contributed by atoms with Crippen LogP contribution in [0.4, 0.5) is 0 Å². The molecule has 2 nitrogen and oxygen atoms in total. The molecule has 0 aromatic rings. The number of hydrogen-bond donors (Lipinski definition) is 1. The van der Waals surface area contributed by atoms with Gasteiger partial charge in [0.05, 0.1) is 0 Å². The lowest BCUT2D eigenvalue weighted by atomic mass is 9.72. The van der Waals surface area contributed by atoms with Crippen molar-refractivity contribution in [2.24, 2.45) is 11.7 Å². The zero-order valence-corrected chi connectivity index (χ0v) is 7.01. The summed E-state index contributed by atoms with van der Waals surface area (Å²) in [5.74, 6) is 0.764. The van der Waals surface area contributed by atoms with Crippen LogP contribution in [0.1, 0.15) is 32.1 Å². The summed E-state index contributed by atoms with van der Waals surface area (Å²) in [6.07, 6.45) is 6.25. The Balaban J connectivity index is 1.79. The van der Waals surface area contributed by atoms with Gasteiger partial charge in [0, 0.05) is 18.8 Å². The molecule has 2 N–H and O–H groups in total. The minimum atomic E-state index is 0.207. The molecule has 1 aliphatic heterocycles. The van der Waals surface area contributed by atoms with Gasteiger partial charge in [0.1, 0.15) is 0 Å². The van der Waals surface area contributed by atoms with Crippen molar-refractivity contribution in [2.45, 2.75) is 37.6 Å². The number of hydrogen-bond acceptors (Lipinski definition) is 2. The third kappa shape index (κ3) is 1.57. The zero-order valence-electron chi connectivity index (χ0n) is 7.01. The summed E-state index contributed by atoms with van der Waals surface area (Å²) >= 11 is 0. The molecule has 1 heterocycles. The Morgan fingerprint density at radius 2 is 2.27 bits per heavy atom. The highest BCUT2D eigenvalue weighted by Crippen LogP contribution is 2.36. The second kappa shape index (κ2) is 2.76. The van der Waals surface area contributed by atoms with Crippen LogP contribution in [0.25, 0.3) is 0 Å². The van der Waals surface area contributed by atoms with Crippen molar-refractivity contribution in [3.8, 4) is 0 Å². The number of ether oxygens (including phenoxy) is 1. The summed E-state index contributed by atoms with van der Waals surface area (Å²) < 4.78 is 5.32. The Hall–Kier alpha value is -0.0800. The first-order valence-corrected chi connectivity index (χ1v) is 4.65. The van der Waals surface area contributed by atoms with Crippen molar-refractivity contribution in [3.63, 3.8) is 0 Å². The molecular formula is C9H17NO. The second-order valence-electron chi connectivity index (χ2n) is 4.15. The lowest BCUT2D eigenvalue weighted by Crippen LogP contribution is -2.47. The van der Waals surface area contributed by atoms with Crippen LogP contribution in [-0.4, -0.2) is 18.8 Å². The molecule has 0 spiro atoms. The maximum atomic E-state index is 6.13. The monoisotopic (exact) mass is 155 g/mol. The van der Waals surface area contributed by atoms with Gasteiger partial charge >= 0.3 is 0 Å². The van der Waals surface area contributed by atoms with Crippen molar-refractivity contribution in [1.29, 1.82) is 0 Å². The summed E-state index contributed by atoms with van der Waals surface area (Å²) in [6.45, 7) is 1.92. The fraction of sp³-hybridized carbons (Fsp3) is 1.00. The molecule has 1 aliphatic carbocycles. The quantitative estimate of drug-likeness (QED) is 0.652. The molecule has 0 aromatic carbocycles. The van der Waals surface area contributed by atoms with E-state index in [1.807, 2.05) is 0 Å². The lowest BCUT2D eigenvalue weighted by molar-refractivity contribution is 0.156. The molecule has 2 aliphatic rings. The maximum absolute atomic E-state index is 6.13. The summed E-state index contributed by atoms with van der Waals surface area (Å²) in [4.78, 5) is 0. The van der Waals surface area contributed by atoms with Gasteiger partial charge in [-0.2, -0.15) is 0 Å². The minimum Gasteiger partial charge on any atom is -0.381 e. The third-order valence-corrected chi connectivity index (χ3v) is 3.07. The van der Waals surface area contributed by atoms with Gasteiger partial charge in [-0.05, 0) is 38.0 Å². The molecular weight excluding hydrogens is 138 g/mol. The van der Waals surface area contributed by atoms with Crippen LogP contribution in [0.3, 0.4) is 0 Å². The molecule has 1 atom stereocenters. The zero-order chi connectivity index (χ0) is 7.73. The molecule has 1 unspecified atom stereocenters. The summed E-state index contributed by atoms with van der Waals surface area (Å²) in [6, 6.07) is 0. The van der Waals surface area contributed by atoms with Crippen molar-refractivity contribution >= 4 is 0 Å². The summed E-state index contributed by atoms with van der Waals surface area (Å²) in [5, 5.41) is 0. The average Bonchev–Trinajstić information content (AvgIpc) is 2.36. The lowest BCUT2D eigenvalue weighted by Gasteiger charge is -2.39. The van der Waals surface area contributed by atoms with Gasteiger partial charge < -0.3 is 10.5 Å². The number of rotatable bonds is 2. The van der Waals surface area contributed by atoms with Gasteiger partial charge in [0.25, 0.3) is 0 Å². The van der Waals surface area contributed by atoms with Gasteiger partial charge in [0.15, 0.2) is 0 Å². The highest BCUT2D eigenvalue weighted by molar-refractivity contribution is 4.94. The van der Waals surface area contributed by atoms with Crippen LogP contribution in [0, 0.1) is 5.92 Å². The van der Waals surface area contributed by atoms with Gasteiger partial charge in [-0.25, -0.2) is 0 Å². The van der Waals surface area contributed by atoms with Crippen molar-refractivity contribution in [2.75, 3.05) is 13.2 Å². The molecule has 1 saturated heterocycles. The van der Waals surface area contributed by atoms with Crippen LogP contribution in [0.2, 0.25) is 0 Å². The van der Waals surface area contributed by atoms with Crippen LogP contribution < -0.4 is 5.73 Å². The Bertz CT molecular complexity index is 136. The first-order valence-electron chi connectivity index (χ1n) is 4.65. The van der Waals surface area contributed by atoms with E-state index in [1.165, 1.54) is 32.1 Å². The fourth-order valence-electron chi connectivity index (χ4n) is 2.15. The largest absolute Gasteiger partial charge is 0.381 e. The van der Waals surface area contributed by atoms with Crippen molar-refractivity contribution in [1.82, 2.24) is 0 Å². The van der Waals surface area contributed by atoms with E-state index in [-0.39, 0.29) is 5.54 Å². The Labute approximate surface area is 68.1 Å². The molecule has 1 saturated carbocycles. The fourth-order valence-corrected chi connectivity index (χ4v) is 2.15. The molecule has 0 radical (unpaired) electrons. The Kier molecular flexibility index (Phi) is 1.90. The van der Waals surface area contributed by atoms with Crippen molar-refractivity contribution < 1.29 is 4.74 Å². The van der Waals surface area contributed by atoms with E-state index < -0.39 is 0 Å². The van der Waals surface area contributed by atoms with Gasteiger partial charge in [0.2, 0.25) is 0 Å². The van der Waals surface area contributed by atoms with E-state index >= 15 is 0 Å². The molecule has 2 fully saturated rings. The van der Waals surface area contributed by atoms with Gasteiger partial charge in [-0.3, -0.25) is 0 Å². The highest BCUT2D eigenvalue weighted by atomic mass is 16.5. The molecule has 0 aromatic heterocycles. The molecule has 0 amide bonds. The highest BCUT2D eigenvalue weighted by Gasteiger charge is 2.35. The Morgan fingerprint density at radius 1 is 1.45 bits per heavy atom. The standard InChI is InChI=1S/C9H17NO/c10-9(3-1-4-9)6-8-2-5-11-7-8/h8H,1-7,10H2. The SMILES string of the molecule is NC1(CC2CCOC2)CCC1. The molecule has 2 heteroatoms. The number of nitrogens with two attached hydrogens (primary N) is 1. The van der Waals surface area contributed by atoms with E-state index in [9.17, 15) is 0 Å². The normalized spacial score (nSPS) is 35.2. The first-order chi connectivity index (χ1) is 5.29. The van der Waals surface area contributed by atoms with Crippen molar-refractivity contribution in [3.05, 3.63) is 0 Å². The first kappa shape index (κ1) is 7.56. The second-order valence-corrected chi connectivity index (χ2v) is 4.15. The van der Waals surface area contributed by atoms with E-state index in [1.54, 1.807) is 0 Å². The predicted octanol–water partition coefficient (Wildman–Crippen LogP) is 1.29. The van der Waals surface area contributed by atoms with Gasteiger partial charge in [-0.15, -0.1) is 0 Å². The van der Waals surface area contributed by atoms with Crippen LogP contribution >= 0.6 is 0 Å². The molecule has 0 bridgehead atoms. The van der Waals surface area contributed by atoms with Crippen LogP contribution in [-0.2, 0) is 4.74 Å². The molecule has 11 heavy (non-hydrogen) atoms. The Morgan fingerprint density at radius 3 is 2.73 bits per heavy atom. The van der Waals surface area contributed by atoms with E-state index in [0.717, 1.165) is 19.1 Å². The summed E-state index contributed by atoms with van der Waals surface area (Å²) in [5.41, 5.74) is 6.33. The smallest absolute Gasteiger partial charge is 0.0495 e. The topological polar surface area (TPSA) is 35.2 Å². The molecule has 64 valence electrons.